The molecule has 0 radical (unpaired) electrons. The number of hydrogen-bond acceptors (Lipinski definition) is 3. The Morgan fingerprint density at radius 1 is 1.35 bits per heavy atom. The van der Waals surface area contributed by atoms with Gasteiger partial charge in [0, 0.05) is 19.7 Å². The zero-order chi connectivity index (χ0) is 14.9. The molecule has 1 aromatic heterocycles. The van der Waals surface area contributed by atoms with Crippen molar-refractivity contribution in [1.82, 2.24) is 9.78 Å². The second kappa shape index (κ2) is 5.04. The fourth-order valence-corrected chi connectivity index (χ4v) is 1.93. The number of aromatic carboxylic acids is 1. The predicted octanol–water partition coefficient (Wildman–Crippen LogP) is 1.30. The summed E-state index contributed by atoms with van der Waals surface area (Å²) in [5.74, 6) is -1.10. The molecule has 0 saturated carbocycles. The van der Waals surface area contributed by atoms with Crippen molar-refractivity contribution >= 4 is 17.7 Å². The molecule has 7 heteroatoms. The maximum atomic E-state index is 11.3. The number of urea groups is 1. The van der Waals surface area contributed by atoms with Crippen LogP contribution in [0.2, 0.25) is 0 Å². The fraction of sp³-hybridized carbons (Fsp3) is 0.154. The number of nitrogens with zero attached hydrogens (tertiary/aromatic N) is 3. The lowest BCUT2D eigenvalue weighted by molar-refractivity contribution is 0.0689. The monoisotopic (exact) mass is 274 g/mol. The van der Waals surface area contributed by atoms with Gasteiger partial charge in [-0.05, 0) is 12.1 Å². The van der Waals surface area contributed by atoms with E-state index >= 15 is 0 Å². The lowest BCUT2D eigenvalue weighted by Crippen LogP contribution is -2.32. The maximum absolute atomic E-state index is 11.3. The average Bonchev–Trinajstić information content (AvgIpc) is 2.80. The van der Waals surface area contributed by atoms with Gasteiger partial charge in [-0.1, -0.05) is 18.2 Å². The molecule has 2 aromatic rings. The molecule has 0 saturated heterocycles. The summed E-state index contributed by atoms with van der Waals surface area (Å²) in [5.41, 5.74) is 7.07. The SMILES string of the molecule is CN(C(N)=O)c1ccccc1-c1cc(C(=O)O)nn1C. The molecule has 0 spiro atoms. The molecule has 104 valence electrons. The van der Waals surface area contributed by atoms with Gasteiger partial charge in [-0.15, -0.1) is 0 Å². The van der Waals surface area contributed by atoms with E-state index in [-0.39, 0.29) is 5.69 Å². The molecule has 0 unspecified atom stereocenters. The zero-order valence-corrected chi connectivity index (χ0v) is 11.1. The van der Waals surface area contributed by atoms with Crippen LogP contribution in [0.25, 0.3) is 11.3 Å². The number of benzene rings is 1. The van der Waals surface area contributed by atoms with Crippen molar-refractivity contribution in [3.63, 3.8) is 0 Å². The van der Waals surface area contributed by atoms with Crippen LogP contribution in [0.1, 0.15) is 10.5 Å². The highest BCUT2D eigenvalue weighted by atomic mass is 16.4. The zero-order valence-electron chi connectivity index (χ0n) is 11.1. The highest BCUT2D eigenvalue weighted by molar-refractivity contribution is 5.95. The molecule has 0 aliphatic rings. The quantitative estimate of drug-likeness (QED) is 0.880. The molecule has 3 N–H and O–H groups in total. The van der Waals surface area contributed by atoms with Crippen molar-refractivity contribution in [2.45, 2.75) is 0 Å². The smallest absolute Gasteiger partial charge is 0.356 e. The first-order chi connectivity index (χ1) is 9.41. The second-order valence-corrected chi connectivity index (χ2v) is 4.26. The lowest BCUT2D eigenvalue weighted by atomic mass is 10.1. The molecule has 0 aliphatic carbocycles. The van der Waals surface area contributed by atoms with Crippen LogP contribution >= 0.6 is 0 Å². The van der Waals surface area contributed by atoms with Crippen molar-refractivity contribution in [3.8, 4) is 11.3 Å². The number of aromatic nitrogens is 2. The van der Waals surface area contributed by atoms with Crippen LogP contribution in [0.4, 0.5) is 10.5 Å². The van der Waals surface area contributed by atoms with Crippen LogP contribution in [-0.4, -0.2) is 33.9 Å². The summed E-state index contributed by atoms with van der Waals surface area (Å²) in [5, 5.41) is 12.9. The molecule has 0 bridgehead atoms. The third-order valence-electron chi connectivity index (χ3n) is 2.97. The van der Waals surface area contributed by atoms with E-state index in [2.05, 4.69) is 5.10 Å². The van der Waals surface area contributed by atoms with Crippen molar-refractivity contribution in [2.75, 3.05) is 11.9 Å². The number of amides is 2. The van der Waals surface area contributed by atoms with Gasteiger partial charge in [-0.3, -0.25) is 9.58 Å². The van der Waals surface area contributed by atoms with E-state index in [9.17, 15) is 9.59 Å². The maximum Gasteiger partial charge on any atom is 0.356 e. The largest absolute Gasteiger partial charge is 0.476 e. The summed E-state index contributed by atoms with van der Waals surface area (Å²) in [4.78, 5) is 23.6. The molecule has 1 aromatic carbocycles. The molecule has 2 amide bonds. The van der Waals surface area contributed by atoms with Gasteiger partial charge in [0.15, 0.2) is 5.69 Å². The van der Waals surface area contributed by atoms with Crippen molar-refractivity contribution in [1.29, 1.82) is 0 Å². The summed E-state index contributed by atoms with van der Waals surface area (Å²) in [6.07, 6.45) is 0. The van der Waals surface area contributed by atoms with Gasteiger partial charge in [0.2, 0.25) is 0 Å². The van der Waals surface area contributed by atoms with E-state index in [1.807, 2.05) is 0 Å². The Kier molecular flexibility index (Phi) is 3.43. The van der Waals surface area contributed by atoms with Crippen LogP contribution in [0.15, 0.2) is 30.3 Å². The number of carbonyl (C=O) groups is 2. The Hall–Kier alpha value is -2.83. The first kappa shape index (κ1) is 13.6. The van der Waals surface area contributed by atoms with Gasteiger partial charge in [0.25, 0.3) is 0 Å². The van der Waals surface area contributed by atoms with Crippen molar-refractivity contribution in [2.24, 2.45) is 12.8 Å². The van der Waals surface area contributed by atoms with E-state index in [0.29, 0.717) is 16.9 Å². The minimum atomic E-state index is -1.10. The normalized spacial score (nSPS) is 10.3. The summed E-state index contributed by atoms with van der Waals surface area (Å²) < 4.78 is 1.46. The number of anilines is 1. The minimum absolute atomic E-state index is 0.0565. The number of para-hydroxylation sites is 1. The van der Waals surface area contributed by atoms with E-state index in [1.54, 1.807) is 38.4 Å². The second-order valence-electron chi connectivity index (χ2n) is 4.26. The number of hydrogen-bond donors (Lipinski definition) is 2. The van der Waals surface area contributed by atoms with Crippen LogP contribution < -0.4 is 10.6 Å². The third kappa shape index (κ3) is 2.33. The Balaban J connectivity index is 2.58. The number of primary amides is 1. The van der Waals surface area contributed by atoms with E-state index < -0.39 is 12.0 Å². The number of carboxylic acid groups (broad SMARTS) is 1. The Bertz CT molecular complexity index is 678. The standard InChI is InChI=1S/C13H14N4O3/c1-16(13(14)20)10-6-4-3-5-8(10)11-7-9(12(18)19)15-17(11)2/h3-7H,1-2H3,(H2,14,20)(H,18,19). The summed E-state index contributed by atoms with van der Waals surface area (Å²) in [6.45, 7) is 0. The highest BCUT2D eigenvalue weighted by Gasteiger charge is 2.17. The van der Waals surface area contributed by atoms with Crippen LogP contribution in [0.5, 0.6) is 0 Å². The predicted molar refractivity (Wildman–Crippen MR) is 73.6 cm³/mol. The third-order valence-corrected chi connectivity index (χ3v) is 2.97. The van der Waals surface area contributed by atoms with Gasteiger partial charge < -0.3 is 10.8 Å². The molecule has 0 aliphatic heterocycles. The molecule has 0 atom stereocenters. The fourth-order valence-electron chi connectivity index (χ4n) is 1.93. The van der Waals surface area contributed by atoms with Crippen molar-refractivity contribution in [3.05, 3.63) is 36.0 Å². The average molecular weight is 274 g/mol. The van der Waals surface area contributed by atoms with Gasteiger partial charge in [-0.2, -0.15) is 5.10 Å². The Morgan fingerprint density at radius 3 is 2.55 bits per heavy atom. The van der Waals surface area contributed by atoms with Gasteiger partial charge in [0.05, 0.1) is 11.4 Å². The summed E-state index contributed by atoms with van der Waals surface area (Å²) in [7, 11) is 3.19. The first-order valence-corrected chi connectivity index (χ1v) is 5.81. The van der Waals surface area contributed by atoms with E-state index in [1.165, 1.54) is 15.6 Å². The molecular formula is C13H14N4O3. The molecular weight excluding hydrogens is 260 g/mol. The van der Waals surface area contributed by atoms with Crippen LogP contribution in [0, 0.1) is 0 Å². The number of rotatable bonds is 3. The minimum Gasteiger partial charge on any atom is -0.476 e. The number of carboxylic acids is 1. The molecule has 20 heavy (non-hydrogen) atoms. The van der Waals surface area contributed by atoms with Gasteiger partial charge >= 0.3 is 12.0 Å². The number of aryl methyl sites for hydroxylation is 1. The summed E-state index contributed by atoms with van der Waals surface area (Å²) >= 11 is 0. The molecule has 0 fully saturated rings. The van der Waals surface area contributed by atoms with E-state index in [0.717, 1.165) is 0 Å². The van der Waals surface area contributed by atoms with Gasteiger partial charge in [-0.25, -0.2) is 9.59 Å². The Morgan fingerprint density at radius 2 is 2.00 bits per heavy atom. The molecule has 7 nitrogen and oxygen atoms in total. The number of carbonyl (C=O) groups excluding carboxylic acids is 1. The van der Waals surface area contributed by atoms with Gasteiger partial charge in [0.1, 0.15) is 0 Å². The Labute approximate surface area is 115 Å². The van der Waals surface area contributed by atoms with E-state index in [4.69, 9.17) is 10.8 Å². The molecule has 2 rings (SSSR count). The van der Waals surface area contributed by atoms with Crippen LogP contribution in [-0.2, 0) is 7.05 Å². The highest BCUT2D eigenvalue weighted by Crippen LogP contribution is 2.30. The topological polar surface area (TPSA) is 101 Å². The van der Waals surface area contributed by atoms with Crippen LogP contribution in [0.3, 0.4) is 0 Å². The summed E-state index contributed by atoms with van der Waals surface area (Å²) in [6, 6.07) is 7.92. The van der Waals surface area contributed by atoms with Crippen molar-refractivity contribution < 1.29 is 14.7 Å². The lowest BCUT2D eigenvalue weighted by Gasteiger charge is -2.18. The number of nitrogens with two attached hydrogens (primary N) is 1. The molecule has 1 heterocycles. The first-order valence-electron chi connectivity index (χ1n) is 5.81.